The zero-order valence-electron chi connectivity index (χ0n) is 48.6. The van der Waals surface area contributed by atoms with E-state index in [1.54, 1.807) is 98.6 Å². The minimum Gasteiger partial charge on any atom is -0.340 e. The van der Waals surface area contributed by atoms with Crippen LogP contribution in [0.5, 0.6) is 0 Å². The number of carbonyl (C=O) groups excluding carboxylic acids is 4. The molecule has 444 valence electrons. The first kappa shape index (κ1) is 60.0. The molecule has 87 heavy (non-hydrogen) atoms. The predicted octanol–water partition coefficient (Wildman–Crippen LogP) is 8.59. The topological polar surface area (TPSA) is 199 Å². The summed E-state index contributed by atoms with van der Waals surface area (Å²) in [7, 11) is 5.82. The van der Waals surface area contributed by atoms with Gasteiger partial charge in [-0.05, 0) is 81.9 Å². The molecule has 0 saturated carbocycles. The van der Waals surface area contributed by atoms with Crippen molar-refractivity contribution >= 4 is 23.6 Å². The molecule has 10 aromatic rings. The molecule has 0 saturated heterocycles. The summed E-state index contributed by atoms with van der Waals surface area (Å²) in [4.78, 5) is 96.7. The van der Waals surface area contributed by atoms with Crippen molar-refractivity contribution in [3.8, 4) is 0 Å². The molecular formula is C66H66N12O9. The van der Waals surface area contributed by atoms with Gasteiger partial charge in [-0.2, -0.15) is 0 Å². The van der Waals surface area contributed by atoms with E-state index in [0.717, 1.165) is 0 Å². The molecule has 0 spiro atoms. The molecule has 4 amide bonds. The third-order valence-electron chi connectivity index (χ3n) is 15.1. The Bertz CT molecular complexity index is 3310. The fourth-order valence-corrected chi connectivity index (χ4v) is 10.5. The van der Waals surface area contributed by atoms with E-state index in [-0.39, 0.29) is 49.8 Å². The van der Waals surface area contributed by atoms with Crippen LogP contribution in [0.15, 0.2) is 233 Å². The van der Waals surface area contributed by atoms with Gasteiger partial charge in [-0.25, -0.2) is 40.2 Å². The molecule has 4 heterocycles. The SMILES string of the molecule is CON(CCn1ccnc1)C(=O)c1ccc(C(OC(c2ccccc2)(c2ccc(C(=O)N(CCn3ccnc3)OC)cc2)c2ccc(C(=O)N(CCn3ccnc3)OC)cc2)(c2ccccc2)c2ccc(C(=O)N(CCn3ccnc3)OC)cc2)cc1. The van der Waals surface area contributed by atoms with Gasteiger partial charge in [0, 0.05) is 98.0 Å². The maximum Gasteiger partial charge on any atom is 0.277 e. The fraction of sp³-hybridized carbons (Fsp3) is 0.212. The zero-order valence-corrected chi connectivity index (χ0v) is 48.6. The first-order valence-electron chi connectivity index (χ1n) is 28.1. The molecule has 10 rings (SSSR count). The summed E-state index contributed by atoms with van der Waals surface area (Å²) in [5.74, 6) is -1.50. The number of rotatable bonds is 28. The standard InChI is InChI=1S/C66H66N12O9/c1-83-75(43-39-71-35-31-67-47-71)61(79)51-15-23-57(24-16-51)65(55-11-7-5-8-12-55,58-25-17-52(18-26-58)62(80)76(84-2)44-40-72-36-32-68-48-72)87-66(56-13-9-6-10-14-56,59-27-19-53(20-28-59)63(81)77(85-3)45-41-73-37-33-69-49-73)60-29-21-54(22-30-60)64(82)78(86-4)46-42-74-38-34-70-50-74/h5-38,47-50H,39-46H2,1-4H3. The van der Waals surface area contributed by atoms with Gasteiger partial charge in [-0.15, -0.1) is 0 Å². The van der Waals surface area contributed by atoms with E-state index in [9.17, 15) is 19.2 Å². The van der Waals surface area contributed by atoms with Crippen LogP contribution in [-0.2, 0) is 61.5 Å². The van der Waals surface area contributed by atoms with Crippen LogP contribution >= 0.6 is 0 Å². The van der Waals surface area contributed by atoms with Crippen molar-refractivity contribution < 1.29 is 43.3 Å². The summed E-state index contributed by atoms with van der Waals surface area (Å²) >= 11 is 0. The summed E-state index contributed by atoms with van der Waals surface area (Å²) < 4.78 is 15.8. The normalized spacial score (nSPS) is 11.5. The van der Waals surface area contributed by atoms with Crippen LogP contribution in [0.25, 0.3) is 0 Å². The number of benzene rings is 6. The zero-order chi connectivity index (χ0) is 60.6. The number of hydrogen-bond donors (Lipinski definition) is 0. The van der Waals surface area contributed by atoms with Crippen molar-refractivity contribution in [2.75, 3.05) is 54.6 Å². The molecule has 0 atom stereocenters. The molecule has 0 aliphatic heterocycles. The van der Waals surface area contributed by atoms with Gasteiger partial charge in [0.05, 0.1) is 79.9 Å². The van der Waals surface area contributed by atoms with Crippen molar-refractivity contribution in [3.05, 3.63) is 288 Å². The lowest BCUT2D eigenvalue weighted by atomic mass is 9.75. The quantitative estimate of drug-likeness (QED) is 0.0334. The number of hydrogen-bond acceptors (Lipinski definition) is 13. The van der Waals surface area contributed by atoms with Crippen LogP contribution in [0.1, 0.15) is 74.8 Å². The van der Waals surface area contributed by atoms with E-state index in [4.69, 9.17) is 24.1 Å². The molecule has 0 unspecified atom stereocenters. The van der Waals surface area contributed by atoms with Gasteiger partial charge in [0.25, 0.3) is 23.6 Å². The Morgan fingerprint density at radius 1 is 0.333 bits per heavy atom. The lowest BCUT2D eigenvalue weighted by molar-refractivity contribution is -0.0966. The van der Waals surface area contributed by atoms with Crippen LogP contribution < -0.4 is 0 Å². The molecule has 4 aromatic heterocycles. The van der Waals surface area contributed by atoms with Crippen molar-refractivity contribution in [1.29, 1.82) is 0 Å². The van der Waals surface area contributed by atoms with Gasteiger partial charge in [-0.3, -0.25) is 38.5 Å². The van der Waals surface area contributed by atoms with Crippen molar-refractivity contribution in [1.82, 2.24) is 58.5 Å². The second kappa shape index (κ2) is 28.2. The van der Waals surface area contributed by atoms with Crippen LogP contribution in [0, 0.1) is 0 Å². The number of imidazole rings is 4. The summed E-state index contributed by atoms with van der Waals surface area (Å²) in [6.07, 6.45) is 20.6. The molecule has 0 bridgehead atoms. The van der Waals surface area contributed by atoms with Crippen LogP contribution in [0.2, 0.25) is 0 Å². The Balaban J connectivity index is 1.15. The average Bonchev–Trinajstić information content (AvgIpc) is 1.51. The van der Waals surface area contributed by atoms with Gasteiger partial charge in [0.15, 0.2) is 0 Å². The Labute approximate surface area is 503 Å². The number of nitrogens with zero attached hydrogens (tertiary/aromatic N) is 12. The summed E-state index contributed by atoms with van der Waals surface area (Å²) in [5.41, 5.74) is 1.76. The van der Waals surface area contributed by atoms with E-state index >= 15 is 0 Å². The molecule has 0 N–H and O–H groups in total. The van der Waals surface area contributed by atoms with E-state index < -0.39 is 11.2 Å². The smallest absolute Gasteiger partial charge is 0.277 e. The highest BCUT2D eigenvalue weighted by Crippen LogP contribution is 2.51. The lowest BCUT2D eigenvalue weighted by Crippen LogP contribution is -2.44. The highest BCUT2D eigenvalue weighted by atomic mass is 16.7. The van der Waals surface area contributed by atoms with E-state index in [2.05, 4.69) is 19.9 Å². The van der Waals surface area contributed by atoms with Crippen molar-refractivity contribution in [2.45, 2.75) is 37.4 Å². The van der Waals surface area contributed by atoms with E-state index in [0.29, 0.717) is 81.8 Å². The first-order valence-corrected chi connectivity index (χ1v) is 28.1. The average molecular weight is 1170 g/mol. The number of hydroxylamine groups is 8. The first-order chi connectivity index (χ1) is 42.6. The number of carbonyl (C=O) groups is 4. The third-order valence-corrected chi connectivity index (χ3v) is 15.1. The van der Waals surface area contributed by atoms with Crippen LogP contribution in [0.3, 0.4) is 0 Å². The number of ether oxygens (including phenoxy) is 1. The van der Waals surface area contributed by atoms with Crippen LogP contribution in [0.4, 0.5) is 0 Å². The summed E-state index contributed by atoms with van der Waals surface area (Å²) in [5, 5.41) is 5.19. The number of amides is 4. The third kappa shape index (κ3) is 13.4. The number of aromatic nitrogens is 8. The Morgan fingerprint density at radius 3 is 0.747 bits per heavy atom. The Morgan fingerprint density at radius 2 is 0.552 bits per heavy atom. The van der Waals surface area contributed by atoms with Gasteiger partial charge in [0.1, 0.15) is 11.2 Å². The van der Waals surface area contributed by atoms with E-state index in [1.165, 1.54) is 48.7 Å². The minimum absolute atomic E-state index is 0.234. The molecule has 21 nitrogen and oxygen atoms in total. The Hall–Kier alpha value is -10.2. The second-order valence-corrected chi connectivity index (χ2v) is 20.1. The highest BCUT2D eigenvalue weighted by Gasteiger charge is 2.49. The lowest BCUT2D eigenvalue weighted by Gasteiger charge is -2.46. The summed E-state index contributed by atoms with van der Waals surface area (Å²) in [6.45, 7) is 2.69. The van der Waals surface area contributed by atoms with Crippen molar-refractivity contribution in [2.24, 2.45) is 0 Å². The largest absolute Gasteiger partial charge is 0.340 e. The molecule has 0 aliphatic rings. The van der Waals surface area contributed by atoms with Gasteiger partial charge in [-0.1, -0.05) is 109 Å². The van der Waals surface area contributed by atoms with Crippen molar-refractivity contribution in [3.63, 3.8) is 0 Å². The maximum absolute atomic E-state index is 14.4. The second-order valence-electron chi connectivity index (χ2n) is 20.1. The molecular weight excluding hydrogens is 1100 g/mol. The van der Waals surface area contributed by atoms with E-state index in [1.807, 2.05) is 152 Å². The molecule has 6 aromatic carbocycles. The molecule has 21 heteroatoms. The minimum atomic E-state index is -1.64. The highest BCUT2D eigenvalue weighted by molar-refractivity contribution is 5.95. The van der Waals surface area contributed by atoms with Crippen LogP contribution in [-0.4, -0.2) is 137 Å². The van der Waals surface area contributed by atoms with Gasteiger partial charge >= 0.3 is 0 Å². The molecule has 0 radical (unpaired) electrons. The Kier molecular flexibility index (Phi) is 19.4. The van der Waals surface area contributed by atoms with Gasteiger partial charge in [0.2, 0.25) is 0 Å². The predicted molar refractivity (Wildman–Crippen MR) is 321 cm³/mol. The molecule has 0 aliphatic carbocycles. The fourth-order valence-electron chi connectivity index (χ4n) is 10.5. The summed E-state index contributed by atoms with van der Waals surface area (Å²) in [6, 6.07) is 48.2. The monoisotopic (exact) mass is 1170 g/mol. The molecule has 0 fully saturated rings. The maximum atomic E-state index is 14.4. The van der Waals surface area contributed by atoms with Gasteiger partial charge < -0.3 is 23.0 Å².